The fourth-order valence-electron chi connectivity index (χ4n) is 1.12. The van der Waals surface area contributed by atoms with E-state index in [0.29, 0.717) is 6.54 Å². The van der Waals surface area contributed by atoms with E-state index in [2.05, 4.69) is 30.1 Å². The zero-order valence-corrected chi connectivity index (χ0v) is 9.13. The SMILES string of the molecule is CC(S)C(=O)NCCc1ccccc1. The number of hydrogen-bond donors (Lipinski definition) is 2. The van der Waals surface area contributed by atoms with Crippen molar-refractivity contribution in [2.75, 3.05) is 6.54 Å². The Kier molecular flexibility index (Phi) is 4.53. The molecule has 1 amide bonds. The molecule has 1 aromatic rings. The van der Waals surface area contributed by atoms with Gasteiger partial charge < -0.3 is 5.32 Å². The average Bonchev–Trinajstić information content (AvgIpc) is 2.19. The van der Waals surface area contributed by atoms with Gasteiger partial charge in [-0.1, -0.05) is 30.3 Å². The molecule has 0 saturated heterocycles. The quantitative estimate of drug-likeness (QED) is 0.726. The molecule has 76 valence electrons. The smallest absolute Gasteiger partial charge is 0.232 e. The van der Waals surface area contributed by atoms with Gasteiger partial charge in [0.25, 0.3) is 0 Å². The summed E-state index contributed by atoms with van der Waals surface area (Å²) in [5.41, 5.74) is 1.24. The molecular formula is C11H15NOS. The molecule has 0 aliphatic heterocycles. The van der Waals surface area contributed by atoms with Crippen LogP contribution < -0.4 is 5.32 Å². The Hall–Kier alpha value is -0.960. The summed E-state index contributed by atoms with van der Waals surface area (Å²) in [6.45, 7) is 2.44. The Balaban J connectivity index is 2.26. The number of carbonyl (C=O) groups excluding carboxylic acids is 1. The molecule has 1 unspecified atom stereocenters. The zero-order valence-electron chi connectivity index (χ0n) is 8.23. The molecule has 1 aromatic carbocycles. The third kappa shape index (κ3) is 3.83. The van der Waals surface area contributed by atoms with Crippen molar-refractivity contribution in [1.82, 2.24) is 5.32 Å². The van der Waals surface area contributed by atoms with Crippen LogP contribution >= 0.6 is 12.6 Å². The van der Waals surface area contributed by atoms with Gasteiger partial charge in [-0.25, -0.2) is 0 Å². The van der Waals surface area contributed by atoms with Crippen LogP contribution in [0.1, 0.15) is 12.5 Å². The molecule has 0 heterocycles. The first kappa shape index (κ1) is 11.1. The summed E-state index contributed by atoms with van der Waals surface area (Å²) < 4.78 is 0. The normalized spacial score (nSPS) is 12.1. The number of nitrogens with one attached hydrogen (secondary N) is 1. The Labute approximate surface area is 90.1 Å². The molecule has 0 bridgehead atoms. The number of amides is 1. The van der Waals surface area contributed by atoms with Crippen LogP contribution in [-0.2, 0) is 11.2 Å². The van der Waals surface area contributed by atoms with Gasteiger partial charge >= 0.3 is 0 Å². The second-order valence-corrected chi connectivity index (χ2v) is 3.98. The van der Waals surface area contributed by atoms with E-state index in [0.717, 1.165) is 6.42 Å². The van der Waals surface area contributed by atoms with Crippen LogP contribution in [0.4, 0.5) is 0 Å². The summed E-state index contributed by atoms with van der Waals surface area (Å²) in [6, 6.07) is 10.1. The molecule has 3 heteroatoms. The number of carbonyl (C=O) groups is 1. The fraction of sp³-hybridized carbons (Fsp3) is 0.364. The van der Waals surface area contributed by atoms with Crippen molar-refractivity contribution in [3.8, 4) is 0 Å². The van der Waals surface area contributed by atoms with Gasteiger partial charge in [0, 0.05) is 6.54 Å². The Morgan fingerprint density at radius 1 is 1.43 bits per heavy atom. The minimum Gasteiger partial charge on any atom is -0.355 e. The van der Waals surface area contributed by atoms with Crippen LogP contribution in [0.15, 0.2) is 30.3 Å². The van der Waals surface area contributed by atoms with Gasteiger partial charge in [-0.05, 0) is 18.9 Å². The van der Waals surface area contributed by atoms with Gasteiger partial charge in [0.1, 0.15) is 0 Å². The first-order valence-electron chi connectivity index (χ1n) is 4.70. The molecule has 0 fully saturated rings. The highest BCUT2D eigenvalue weighted by Gasteiger charge is 2.05. The Morgan fingerprint density at radius 2 is 2.07 bits per heavy atom. The third-order valence-corrected chi connectivity index (χ3v) is 2.17. The van der Waals surface area contributed by atoms with Crippen LogP contribution in [0.2, 0.25) is 0 Å². The largest absolute Gasteiger partial charge is 0.355 e. The predicted molar refractivity (Wildman–Crippen MR) is 61.6 cm³/mol. The van der Waals surface area contributed by atoms with Gasteiger partial charge in [0.05, 0.1) is 5.25 Å². The van der Waals surface area contributed by atoms with E-state index in [9.17, 15) is 4.79 Å². The molecule has 0 spiro atoms. The third-order valence-electron chi connectivity index (χ3n) is 1.94. The van der Waals surface area contributed by atoms with Gasteiger partial charge in [0.15, 0.2) is 0 Å². The monoisotopic (exact) mass is 209 g/mol. The standard InChI is InChI=1S/C11H15NOS/c1-9(14)11(13)12-8-7-10-5-3-2-4-6-10/h2-6,9,14H,7-8H2,1H3,(H,12,13). The average molecular weight is 209 g/mol. The minimum atomic E-state index is -0.231. The highest BCUT2D eigenvalue weighted by atomic mass is 32.1. The maximum absolute atomic E-state index is 11.1. The molecule has 0 radical (unpaired) electrons. The van der Waals surface area contributed by atoms with E-state index in [1.54, 1.807) is 6.92 Å². The summed E-state index contributed by atoms with van der Waals surface area (Å²) in [5.74, 6) is -0.00994. The van der Waals surface area contributed by atoms with Gasteiger partial charge in [-0.2, -0.15) is 12.6 Å². The molecule has 14 heavy (non-hydrogen) atoms. The molecule has 2 nitrogen and oxygen atoms in total. The predicted octanol–water partition coefficient (Wildman–Crippen LogP) is 1.66. The van der Waals surface area contributed by atoms with Crippen LogP contribution in [0, 0.1) is 0 Å². The molecule has 1 rings (SSSR count). The maximum Gasteiger partial charge on any atom is 0.232 e. The van der Waals surface area contributed by atoms with Crippen LogP contribution in [0.25, 0.3) is 0 Å². The molecule has 0 aliphatic carbocycles. The van der Waals surface area contributed by atoms with E-state index < -0.39 is 0 Å². The van der Waals surface area contributed by atoms with Crippen LogP contribution in [0.3, 0.4) is 0 Å². The second kappa shape index (κ2) is 5.70. The summed E-state index contributed by atoms with van der Waals surface area (Å²) in [6.07, 6.45) is 0.868. The van der Waals surface area contributed by atoms with Gasteiger partial charge in [0.2, 0.25) is 5.91 Å². The van der Waals surface area contributed by atoms with Crippen molar-refractivity contribution >= 4 is 18.5 Å². The summed E-state index contributed by atoms with van der Waals surface area (Å²) in [7, 11) is 0. The molecule has 0 saturated carbocycles. The number of rotatable bonds is 4. The Morgan fingerprint density at radius 3 is 2.64 bits per heavy atom. The van der Waals surface area contributed by atoms with E-state index in [4.69, 9.17) is 0 Å². The highest BCUT2D eigenvalue weighted by Crippen LogP contribution is 1.98. The lowest BCUT2D eigenvalue weighted by Gasteiger charge is -2.06. The molecular weight excluding hydrogens is 194 g/mol. The topological polar surface area (TPSA) is 29.1 Å². The Bertz CT molecular complexity index is 285. The molecule has 1 atom stereocenters. The first-order chi connectivity index (χ1) is 6.70. The summed E-state index contributed by atoms with van der Waals surface area (Å²) >= 11 is 4.04. The van der Waals surface area contributed by atoms with Crippen molar-refractivity contribution in [2.45, 2.75) is 18.6 Å². The van der Waals surface area contributed by atoms with Gasteiger partial charge in [-0.3, -0.25) is 4.79 Å². The summed E-state index contributed by atoms with van der Waals surface area (Å²) in [4.78, 5) is 11.1. The maximum atomic E-state index is 11.1. The lowest BCUT2D eigenvalue weighted by molar-refractivity contribution is -0.120. The number of hydrogen-bond acceptors (Lipinski definition) is 2. The highest BCUT2D eigenvalue weighted by molar-refractivity contribution is 7.81. The molecule has 0 aromatic heterocycles. The van der Waals surface area contributed by atoms with E-state index >= 15 is 0 Å². The number of thiol groups is 1. The van der Waals surface area contributed by atoms with Crippen LogP contribution in [-0.4, -0.2) is 17.7 Å². The van der Waals surface area contributed by atoms with Crippen molar-refractivity contribution in [3.05, 3.63) is 35.9 Å². The van der Waals surface area contributed by atoms with E-state index in [-0.39, 0.29) is 11.2 Å². The van der Waals surface area contributed by atoms with Crippen molar-refractivity contribution in [3.63, 3.8) is 0 Å². The minimum absolute atomic E-state index is 0.00994. The molecule has 1 N–H and O–H groups in total. The lowest BCUT2D eigenvalue weighted by atomic mass is 10.1. The fourth-order valence-corrected chi connectivity index (χ4v) is 1.21. The lowest BCUT2D eigenvalue weighted by Crippen LogP contribution is -2.31. The van der Waals surface area contributed by atoms with Crippen molar-refractivity contribution < 1.29 is 4.79 Å². The number of benzene rings is 1. The zero-order chi connectivity index (χ0) is 10.4. The first-order valence-corrected chi connectivity index (χ1v) is 5.21. The van der Waals surface area contributed by atoms with Gasteiger partial charge in [-0.15, -0.1) is 0 Å². The van der Waals surface area contributed by atoms with Crippen molar-refractivity contribution in [1.29, 1.82) is 0 Å². The van der Waals surface area contributed by atoms with Crippen molar-refractivity contribution in [2.24, 2.45) is 0 Å². The van der Waals surface area contributed by atoms with E-state index in [1.165, 1.54) is 5.56 Å². The summed E-state index contributed by atoms with van der Waals surface area (Å²) in [5, 5.41) is 2.58. The van der Waals surface area contributed by atoms with Crippen LogP contribution in [0.5, 0.6) is 0 Å². The second-order valence-electron chi connectivity index (χ2n) is 3.20. The van der Waals surface area contributed by atoms with E-state index in [1.807, 2.05) is 18.2 Å². The molecule has 0 aliphatic rings.